The highest BCUT2D eigenvalue weighted by Crippen LogP contribution is 2.17. The lowest BCUT2D eigenvalue weighted by Crippen LogP contribution is -2.28. The van der Waals surface area contributed by atoms with Gasteiger partial charge in [-0.3, -0.25) is 4.31 Å². The Morgan fingerprint density at radius 2 is 1.88 bits per heavy atom. The molecule has 0 aliphatic heterocycles. The molecule has 86 valence electrons. The summed E-state index contributed by atoms with van der Waals surface area (Å²) in [5.41, 5.74) is 1.09. The number of rotatable bonds is 4. The summed E-state index contributed by atoms with van der Waals surface area (Å²) in [5, 5.41) is 8.63. The molecule has 4 nitrogen and oxygen atoms in total. The minimum absolute atomic E-state index is 0.128. The van der Waals surface area contributed by atoms with Crippen molar-refractivity contribution in [2.75, 3.05) is 17.1 Å². The zero-order valence-corrected chi connectivity index (χ0v) is 10.2. The molecule has 16 heavy (non-hydrogen) atoms. The van der Waals surface area contributed by atoms with Crippen LogP contribution in [-0.2, 0) is 10.0 Å². The molecule has 0 N–H and O–H groups in total. The number of nitriles is 1. The number of hydrogen-bond donors (Lipinski definition) is 0. The molecule has 0 fully saturated rings. The Balaban J connectivity index is 2.97. The predicted octanol–water partition coefficient (Wildman–Crippen LogP) is 1.73. The van der Waals surface area contributed by atoms with Crippen LogP contribution in [0.1, 0.15) is 18.9 Å². The molecule has 0 radical (unpaired) electrons. The van der Waals surface area contributed by atoms with Crippen molar-refractivity contribution in [3.63, 3.8) is 0 Å². The van der Waals surface area contributed by atoms with Crippen LogP contribution in [0.15, 0.2) is 24.3 Å². The maximum Gasteiger partial charge on any atom is 0.234 e. The summed E-state index contributed by atoms with van der Waals surface area (Å²) >= 11 is 0. The average Bonchev–Trinajstić information content (AvgIpc) is 2.28. The van der Waals surface area contributed by atoms with Crippen molar-refractivity contribution in [1.82, 2.24) is 0 Å². The zero-order valence-electron chi connectivity index (χ0n) is 9.34. The molecule has 0 unspecified atom stereocenters. The van der Waals surface area contributed by atoms with Crippen LogP contribution in [0.2, 0.25) is 0 Å². The molecule has 0 saturated carbocycles. The van der Waals surface area contributed by atoms with Crippen LogP contribution < -0.4 is 4.31 Å². The largest absolute Gasteiger partial charge is 0.273 e. The summed E-state index contributed by atoms with van der Waals surface area (Å²) in [6, 6.07) is 8.46. The second-order valence-electron chi connectivity index (χ2n) is 3.44. The molecule has 0 saturated heterocycles. The first-order valence-corrected chi connectivity index (χ1v) is 6.59. The fraction of sp³-hybridized carbons (Fsp3) is 0.364. The SMILES string of the molecule is CCCS(=O)(=O)N(C)c1ccc(C#N)cc1. The molecule has 0 aliphatic rings. The van der Waals surface area contributed by atoms with E-state index in [1.807, 2.05) is 13.0 Å². The lowest BCUT2D eigenvalue weighted by Gasteiger charge is -2.18. The van der Waals surface area contributed by atoms with Gasteiger partial charge in [0.15, 0.2) is 0 Å². The highest BCUT2D eigenvalue weighted by Gasteiger charge is 2.16. The first-order chi connectivity index (χ1) is 7.51. The predicted molar refractivity (Wildman–Crippen MR) is 63.6 cm³/mol. The number of sulfonamides is 1. The van der Waals surface area contributed by atoms with Gasteiger partial charge >= 0.3 is 0 Å². The van der Waals surface area contributed by atoms with E-state index in [4.69, 9.17) is 5.26 Å². The first-order valence-electron chi connectivity index (χ1n) is 4.98. The van der Waals surface area contributed by atoms with E-state index < -0.39 is 10.0 Å². The van der Waals surface area contributed by atoms with Gasteiger partial charge in [0.1, 0.15) is 0 Å². The number of nitrogens with zero attached hydrogens (tertiary/aromatic N) is 2. The second kappa shape index (κ2) is 4.99. The Bertz CT molecular complexity index is 486. The van der Waals surface area contributed by atoms with Crippen LogP contribution in [0.25, 0.3) is 0 Å². The van der Waals surface area contributed by atoms with Crippen molar-refractivity contribution in [1.29, 1.82) is 5.26 Å². The van der Waals surface area contributed by atoms with Gasteiger partial charge in [-0.25, -0.2) is 8.42 Å². The van der Waals surface area contributed by atoms with Gasteiger partial charge in [-0.2, -0.15) is 5.26 Å². The fourth-order valence-electron chi connectivity index (χ4n) is 1.30. The minimum Gasteiger partial charge on any atom is -0.273 e. The third-order valence-electron chi connectivity index (χ3n) is 2.24. The molecule has 5 heteroatoms. The second-order valence-corrected chi connectivity index (χ2v) is 5.56. The smallest absolute Gasteiger partial charge is 0.234 e. The average molecular weight is 238 g/mol. The van der Waals surface area contributed by atoms with Crippen LogP contribution in [0.5, 0.6) is 0 Å². The van der Waals surface area contributed by atoms with Crippen molar-refractivity contribution in [3.05, 3.63) is 29.8 Å². The van der Waals surface area contributed by atoms with Crippen LogP contribution in [0.3, 0.4) is 0 Å². The monoisotopic (exact) mass is 238 g/mol. The molecule has 0 aromatic heterocycles. The standard InChI is InChI=1S/C11H14N2O2S/c1-3-8-16(14,15)13(2)11-6-4-10(9-12)5-7-11/h4-7H,3,8H2,1-2H3. The molecule has 0 amide bonds. The Kier molecular flexibility index (Phi) is 3.91. The van der Waals surface area contributed by atoms with Crippen molar-refractivity contribution < 1.29 is 8.42 Å². The summed E-state index contributed by atoms with van der Waals surface area (Å²) in [4.78, 5) is 0. The van der Waals surface area contributed by atoms with Crippen molar-refractivity contribution in [3.8, 4) is 6.07 Å². The highest BCUT2D eigenvalue weighted by atomic mass is 32.2. The first kappa shape index (κ1) is 12.5. The quantitative estimate of drug-likeness (QED) is 0.802. The van der Waals surface area contributed by atoms with Gasteiger partial charge < -0.3 is 0 Å². The van der Waals surface area contributed by atoms with Crippen molar-refractivity contribution >= 4 is 15.7 Å². The van der Waals surface area contributed by atoms with E-state index in [9.17, 15) is 8.42 Å². The van der Waals surface area contributed by atoms with Crippen molar-refractivity contribution in [2.45, 2.75) is 13.3 Å². The molecule has 0 bridgehead atoms. The Morgan fingerprint density at radius 3 is 2.31 bits per heavy atom. The highest BCUT2D eigenvalue weighted by molar-refractivity contribution is 7.92. The Hall–Kier alpha value is -1.54. The van der Waals surface area contributed by atoms with Gasteiger partial charge in [-0.15, -0.1) is 0 Å². The topological polar surface area (TPSA) is 61.2 Å². The van der Waals surface area contributed by atoms with Crippen LogP contribution in [-0.4, -0.2) is 21.2 Å². The summed E-state index contributed by atoms with van der Waals surface area (Å²) in [6.45, 7) is 1.82. The van der Waals surface area contributed by atoms with Gasteiger partial charge in [0.05, 0.1) is 23.1 Å². The van der Waals surface area contributed by atoms with Gasteiger partial charge in [-0.1, -0.05) is 6.92 Å². The van der Waals surface area contributed by atoms with E-state index in [1.165, 1.54) is 11.4 Å². The molecule has 0 heterocycles. The van der Waals surface area contributed by atoms with E-state index in [1.54, 1.807) is 24.3 Å². The summed E-state index contributed by atoms with van der Waals surface area (Å²) in [6.07, 6.45) is 0.586. The summed E-state index contributed by atoms with van der Waals surface area (Å²) in [7, 11) is -1.71. The van der Waals surface area contributed by atoms with E-state index in [-0.39, 0.29) is 5.75 Å². The van der Waals surface area contributed by atoms with Gasteiger partial charge in [0, 0.05) is 7.05 Å². The molecule has 1 aromatic rings. The number of benzene rings is 1. The zero-order chi connectivity index (χ0) is 12.2. The Labute approximate surface area is 96.2 Å². The molecule has 0 aliphatic carbocycles. The molecular formula is C11H14N2O2S. The van der Waals surface area contributed by atoms with Crippen LogP contribution in [0.4, 0.5) is 5.69 Å². The van der Waals surface area contributed by atoms with Crippen molar-refractivity contribution in [2.24, 2.45) is 0 Å². The van der Waals surface area contributed by atoms with E-state index in [2.05, 4.69) is 0 Å². The fourth-order valence-corrected chi connectivity index (χ4v) is 2.53. The van der Waals surface area contributed by atoms with Gasteiger partial charge in [0.25, 0.3) is 0 Å². The molecular weight excluding hydrogens is 224 g/mol. The maximum absolute atomic E-state index is 11.7. The van der Waals surface area contributed by atoms with Crippen LogP contribution in [0, 0.1) is 11.3 Å². The van der Waals surface area contributed by atoms with Crippen LogP contribution >= 0.6 is 0 Å². The van der Waals surface area contributed by atoms with E-state index >= 15 is 0 Å². The third kappa shape index (κ3) is 2.74. The number of anilines is 1. The Morgan fingerprint density at radius 1 is 1.31 bits per heavy atom. The molecule has 1 aromatic carbocycles. The van der Waals surface area contributed by atoms with Gasteiger partial charge in [0.2, 0.25) is 10.0 Å². The van der Waals surface area contributed by atoms with E-state index in [0.29, 0.717) is 17.7 Å². The number of hydrogen-bond acceptors (Lipinski definition) is 3. The normalized spacial score (nSPS) is 10.8. The lowest BCUT2D eigenvalue weighted by molar-refractivity contribution is 0.593. The summed E-state index contributed by atoms with van der Waals surface area (Å²) < 4.78 is 24.7. The molecule has 1 rings (SSSR count). The molecule has 0 spiro atoms. The minimum atomic E-state index is -3.23. The molecule has 0 atom stereocenters. The third-order valence-corrected chi connectivity index (χ3v) is 4.21. The van der Waals surface area contributed by atoms with Gasteiger partial charge in [-0.05, 0) is 30.7 Å². The lowest BCUT2D eigenvalue weighted by atomic mass is 10.2. The van der Waals surface area contributed by atoms with E-state index in [0.717, 1.165) is 0 Å². The summed E-state index contributed by atoms with van der Waals surface area (Å²) in [5.74, 6) is 0.128. The maximum atomic E-state index is 11.7.